The van der Waals surface area contributed by atoms with Gasteiger partial charge in [0, 0.05) is 6.61 Å². The van der Waals surface area contributed by atoms with Crippen LogP contribution in [0.1, 0.15) is 29.9 Å². The Morgan fingerprint density at radius 2 is 1.75 bits per heavy atom. The van der Waals surface area contributed by atoms with E-state index in [2.05, 4.69) is 50.2 Å². The smallest absolute Gasteiger partial charge is 0.0436 e. The zero-order valence-electron chi connectivity index (χ0n) is 10.6. The molecule has 1 N–H and O–H groups in total. The number of aryl methyl sites for hydroxylation is 1. The van der Waals surface area contributed by atoms with Crippen LogP contribution in [0, 0.1) is 6.92 Å². The summed E-state index contributed by atoms with van der Waals surface area (Å²) >= 11 is 0. The fraction of sp³-hybridized carbons (Fsp3) is 0.571. The Bertz CT molecular complexity index is 292. The summed E-state index contributed by atoms with van der Waals surface area (Å²) in [6, 6.07) is 8.67. The van der Waals surface area contributed by atoms with Crippen molar-refractivity contribution in [2.75, 3.05) is 27.2 Å². The molecule has 0 unspecified atom stereocenters. The summed E-state index contributed by atoms with van der Waals surface area (Å²) in [4.78, 5) is 2.19. The summed E-state index contributed by atoms with van der Waals surface area (Å²) in [5.74, 6) is 0.480. The Morgan fingerprint density at radius 3 is 2.25 bits per heavy atom. The number of nitrogens with zero attached hydrogens (tertiary/aromatic N) is 1. The van der Waals surface area contributed by atoms with Crippen molar-refractivity contribution in [3.8, 4) is 0 Å². The van der Waals surface area contributed by atoms with Gasteiger partial charge in [-0.2, -0.15) is 0 Å². The van der Waals surface area contributed by atoms with Gasteiger partial charge in [-0.15, -0.1) is 0 Å². The third-order valence-corrected chi connectivity index (χ3v) is 2.95. The summed E-state index contributed by atoms with van der Waals surface area (Å²) in [6.45, 7) is 3.44. The van der Waals surface area contributed by atoms with Gasteiger partial charge in [0.15, 0.2) is 0 Å². The number of aliphatic hydroxyl groups is 1. The molecule has 1 atom stereocenters. The second-order valence-electron chi connectivity index (χ2n) is 4.71. The molecular formula is C14H23NO. The van der Waals surface area contributed by atoms with E-state index in [4.69, 9.17) is 5.11 Å². The SMILES string of the molecule is Cc1ccc([C@@H](CCO)CCN(C)C)cc1. The first-order valence-electron chi connectivity index (χ1n) is 5.95. The molecule has 1 aromatic rings. The van der Waals surface area contributed by atoms with Crippen molar-refractivity contribution >= 4 is 0 Å². The highest BCUT2D eigenvalue weighted by Crippen LogP contribution is 2.23. The van der Waals surface area contributed by atoms with Crippen LogP contribution in [-0.4, -0.2) is 37.3 Å². The molecule has 0 aromatic heterocycles. The fourth-order valence-corrected chi connectivity index (χ4v) is 1.89. The topological polar surface area (TPSA) is 23.5 Å². The summed E-state index contributed by atoms with van der Waals surface area (Å²) in [6.07, 6.45) is 1.97. The van der Waals surface area contributed by atoms with Crippen molar-refractivity contribution < 1.29 is 5.11 Å². The molecule has 0 saturated heterocycles. The van der Waals surface area contributed by atoms with Crippen LogP contribution in [0.5, 0.6) is 0 Å². The minimum absolute atomic E-state index is 0.270. The molecule has 90 valence electrons. The zero-order valence-corrected chi connectivity index (χ0v) is 10.6. The van der Waals surface area contributed by atoms with Gasteiger partial charge >= 0.3 is 0 Å². The summed E-state index contributed by atoms with van der Waals surface area (Å²) < 4.78 is 0. The fourth-order valence-electron chi connectivity index (χ4n) is 1.89. The summed E-state index contributed by atoms with van der Waals surface area (Å²) in [7, 11) is 4.18. The van der Waals surface area contributed by atoms with Crippen LogP contribution in [0.15, 0.2) is 24.3 Å². The molecule has 0 aliphatic rings. The molecule has 0 amide bonds. The number of aliphatic hydroxyl groups excluding tert-OH is 1. The summed E-state index contributed by atoms with van der Waals surface area (Å²) in [5.41, 5.74) is 2.64. The van der Waals surface area contributed by atoms with Crippen molar-refractivity contribution in [3.05, 3.63) is 35.4 Å². The molecule has 1 aromatic carbocycles. The van der Waals surface area contributed by atoms with Crippen molar-refractivity contribution in [2.24, 2.45) is 0 Å². The first kappa shape index (κ1) is 13.2. The third-order valence-electron chi connectivity index (χ3n) is 2.95. The van der Waals surface area contributed by atoms with E-state index in [0.29, 0.717) is 5.92 Å². The van der Waals surface area contributed by atoms with Gasteiger partial charge < -0.3 is 10.0 Å². The van der Waals surface area contributed by atoms with Gasteiger partial charge in [0.2, 0.25) is 0 Å². The maximum atomic E-state index is 9.10. The second-order valence-corrected chi connectivity index (χ2v) is 4.71. The van der Waals surface area contributed by atoms with Gasteiger partial charge in [-0.3, -0.25) is 0 Å². The maximum absolute atomic E-state index is 9.10. The minimum Gasteiger partial charge on any atom is -0.396 e. The predicted octanol–water partition coefficient (Wildman–Crippen LogP) is 2.41. The number of hydrogen-bond acceptors (Lipinski definition) is 2. The van der Waals surface area contributed by atoms with Crippen LogP contribution in [0.2, 0.25) is 0 Å². The van der Waals surface area contributed by atoms with E-state index in [1.54, 1.807) is 0 Å². The molecule has 0 fully saturated rings. The van der Waals surface area contributed by atoms with Gasteiger partial charge in [0.25, 0.3) is 0 Å². The third kappa shape index (κ3) is 4.33. The van der Waals surface area contributed by atoms with Crippen LogP contribution < -0.4 is 0 Å². The second kappa shape index (κ2) is 6.66. The van der Waals surface area contributed by atoms with Crippen LogP contribution in [0.25, 0.3) is 0 Å². The normalized spacial score (nSPS) is 13.1. The highest BCUT2D eigenvalue weighted by atomic mass is 16.3. The van der Waals surface area contributed by atoms with Crippen molar-refractivity contribution in [1.82, 2.24) is 4.90 Å². The molecule has 2 nitrogen and oxygen atoms in total. The minimum atomic E-state index is 0.270. The Balaban J connectivity index is 2.64. The number of benzene rings is 1. The quantitative estimate of drug-likeness (QED) is 0.797. The van der Waals surface area contributed by atoms with Crippen molar-refractivity contribution in [3.63, 3.8) is 0 Å². The molecule has 1 rings (SSSR count). The Labute approximate surface area is 98.9 Å². The largest absolute Gasteiger partial charge is 0.396 e. The molecule has 0 saturated carbocycles. The van der Waals surface area contributed by atoms with Crippen LogP contribution in [-0.2, 0) is 0 Å². The molecule has 0 spiro atoms. The molecule has 16 heavy (non-hydrogen) atoms. The zero-order chi connectivity index (χ0) is 12.0. The van der Waals surface area contributed by atoms with E-state index in [-0.39, 0.29) is 6.61 Å². The molecule has 0 radical (unpaired) electrons. The average Bonchev–Trinajstić information content (AvgIpc) is 2.25. The lowest BCUT2D eigenvalue weighted by molar-refractivity contribution is 0.266. The lowest BCUT2D eigenvalue weighted by Gasteiger charge is -2.19. The van der Waals surface area contributed by atoms with Crippen LogP contribution in [0.4, 0.5) is 0 Å². The number of hydrogen-bond donors (Lipinski definition) is 1. The monoisotopic (exact) mass is 221 g/mol. The molecule has 0 aliphatic carbocycles. The van der Waals surface area contributed by atoms with Crippen molar-refractivity contribution in [1.29, 1.82) is 0 Å². The Hall–Kier alpha value is -0.860. The standard InChI is InChI=1S/C14H23NO/c1-12-4-6-13(7-5-12)14(9-11-16)8-10-15(2)3/h4-7,14,16H,8-11H2,1-3H3/t14-/m1/s1. The first-order valence-corrected chi connectivity index (χ1v) is 5.95. The summed E-state index contributed by atoms with van der Waals surface area (Å²) in [5, 5.41) is 9.10. The van der Waals surface area contributed by atoms with E-state index < -0.39 is 0 Å². The predicted molar refractivity (Wildman–Crippen MR) is 68.8 cm³/mol. The van der Waals surface area contributed by atoms with Crippen molar-refractivity contribution in [2.45, 2.75) is 25.7 Å². The molecular weight excluding hydrogens is 198 g/mol. The van der Waals surface area contributed by atoms with Gasteiger partial charge in [-0.05, 0) is 51.9 Å². The van der Waals surface area contributed by atoms with E-state index in [1.165, 1.54) is 11.1 Å². The maximum Gasteiger partial charge on any atom is 0.0436 e. The number of rotatable bonds is 6. The van der Waals surface area contributed by atoms with E-state index in [0.717, 1.165) is 19.4 Å². The van der Waals surface area contributed by atoms with Crippen LogP contribution in [0.3, 0.4) is 0 Å². The molecule has 2 heteroatoms. The molecule has 0 aliphatic heterocycles. The van der Waals surface area contributed by atoms with E-state index in [9.17, 15) is 0 Å². The Morgan fingerprint density at radius 1 is 1.12 bits per heavy atom. The van der Waals surface area contributed by atoms with Gasteiger partial charge in [-0.1, -0.05) is 29.8 Å². The van der Waals surface area contributed by atoms with Gasteiger partial charge in [0.05, 0.1) is 0 Å². The lowest BCUT2D eigenvalue weighted by Crippen LogP contribution is -2.16. The van der Waals surface area contributed by atoms with Crippen LogP contribution >= 0.6 is 0 Å². The Kier molecular flexibility index (Phi) is 5.50. The van der Waals surface area contributed by atoms with E-state index >= 15 is 0 Å². The highest BCUT2D eigenvalue weighted by molar-refractivity contribution is 5.24. The van der Waals surface area contributed by atoms with Gasteiger partial charge in [0.1, 0.15) is 0 Å². The van der Waals surface area contributed by atoms with Gasteiger partial charge in [-0.25, -0.2) is 0 Å². The average molecular weight is 221 g/mol. The lowest BCUT2D eigenvalue weighted by atomic mass is 9.92. The highest BCUT2D eigenvalue weighted by Gasteiger charge is 2.10. The molecule has 0 bridgehead atoms. The van der Waals surface area contributed by atoms with E-state index in [1.807, 2.05) is 0 Å². The first-order chi connectivity index (χ1) is 7.63. The molecule has 0 heterocycles.